The molecule has 2 aromatic rings. The molecule has 1 aliphatic carbocycles. The molecule has 4 rings (SSSR count). The fourth-order valence-corrected chi connectivity index (χ4v) is 5.35. The fraction of sp³-hybridized carbons (Fsp3) is 0.350. The van der Waals surface area contributed by atoms with Gasteiger partial charge in [-0.05, 0) is 49.4 Å². The Balaban J connectivity index is 1.63. The van der Waals surface area contributed by atoms with Crippen LogP contribution in [0.15, 0.2) is 53.4 Å². The third-order valence-electron chi connectivity index (χ3n) is 5.06. The average Bonchev–Trinajstić information content (AvgIpc) is 3.32. The quantitative estimate of drug-likeness (QED) is 0.825. The Labute approximate surface area is 164 Å². The van der Waals surface area contributed by atoms with Crippen LogP contribution >= 0.6 is 11.6 Å². The molecular formula is C20H21ClN2O3S. The van der Waals surface area contributed by atoms with E-state index in [1.807, 2.05) is 35.2 Å². The highest BCUT2D eigenvalue weighted by Gasteiger charge is 2.33. The third-order valence-corrected chi connectivity index (χ3v) is 7.07. The summed E-state index contributed by atoms with van der Waals surface area (Å²) in [7, 11) is -3.73. The molecule has 142 valence electrons. The Morgan fingerprint density at radius 3 is 2.52 bits per heavy atom. The lowest BCUT2D eigenvalue weighted by Crippen LogP contribution is -2.31. The Morgan fingerprint density at radius 1 is 1.07 bits per heavy atom. The number of likely N-dealkylation sites (tertiary alicyclic amines) is 1. The van der Waals surface area contributed by atoms with Crippen LogP contribution in [-0.4, -0.2) is 31.8 Å². The van der Waals surface area contributed by atoms with E-state index in [1.54, 1.807) is 6.07 Å². The monoisotopic (exact) mass is 404 g/mol. The molecule has 0 aromatic heterocycles. The predicted molar refractivity (Wildman–Crippen MR) is 104 cm³/mol. The lowest BCUT2D eigenvalue weighted by Gasteiger charge is -2.25. The largest absolute Gasteiger partial charge is 0.332 e. The van der Waals surface area contributed by atoms with E-state index in [2.05, 4.69) is 4.72 Å². The van der Waals surface area contributed by atoms with E-state index < -0.39 is 10.0 Å². The van der Waals surface area contributed by atoms with Crippen LogP contribution in [-0.2, 0) is 10.0 Å². The zero-order chi connectivity index (χ0) is 19.0. The fourth-order valence-electron chi connectivity index (χ4n) is 3.52. The van der Waals surface area contributed by atoms with Gasteiger partial charge in [-0.2, -0.15) is 0 Å². The highest BCUT2D eigenvalue weighted by atomic mass is 35.5. The number of halogens is 1. The van der Waals surface area contributed by atoms with E-state index >= 15 is 0 Å². The topological polar surface area (TPSA) is 66.5 Å². The SMILES string of the molecule is O=C(c1ccc(Cl)c(S(=O)(=O)NC2CC2)c1)N1CCC[C@H]1c1ccccc1. The summed E-state index contributed by atoms with van der Waals surface area (Å²) >= 11 is 6.13. The molecule has 1 aliphatic heterocycles. The van der Waals surface area contributed by atoms with Crippen LogP contribution in [0.4, 0.5) is 0 Å². The summed E-state index contributed by atoms with van der Waals surface area (Å²) in [6.07, 6.45) is 3.50. The van der Waals surface area contributed by atoms with E-state index in [9.17, 15) is 13.2 Å². The molecule has 0 spiro atoms. The zero-order valence-electron chi connectivity index (χ0n) is 14.8. The zero-order valence-corrected chi connectivity index (χ0v) is 16.3. The molecule has 27 heavy (non-hydrogen) atoms. The van der Waals surface area contributed by atoms with Gasteiger partial charge in [-0.25, -0.2) is 13.1 Å². The minimum Gasteiger partial charge on any atom is -0.332 e. The number of hydrogen-bond donors (Lipinski definition) is 1. The maximum absolute atomic E-state index is 13.1. The number of amides is 1. The van der Waals surface area contributed by atoms with E-state index in [0.717, 1.165) is 31.2 Å². The predicted octanol–water partition coefficient (Wildman–Crippen LogP) is 3.76. The van der Waals surface area contributed by atoms with Crippen molar-refractivity contribution in [2.75, 3.05) is 6.54 Å². The molecular weight excluding hydrogens is 384 g/mol. The molecule has 1 atom stereocenters. The van der Waals surface area contributed by atoms with Gasteiger partial charge in [-0.1, -0.05) is 41.9 Å². The lowest BCUT2D eigenvalue weighted by atomic mass is 10.0. The maximum atomic E-state index is 13.1. The third kappa shape index (κ3) is 3.88. The van der Waals surface area contributed by atoms with Gasteiger partial charge in [0.05, 0.1) is 11.1 Å². The van der Waals surface area contributed by atoms with Gasteiger partial charge in [-0.15, -0.1) is 0 Å². The van der Waals surface area contributed by atoms with Crippen molar-refractivity contribution >= 4 is 27.5 Å². The molecule has 7 heteroatoms. The van der Waals surface area contributed by atoms with E-state index in [-0.39, 0.29) is 27.9 Å². The molecule has 2 aromatic carbocycles. The first-order valence-corrected chi connectivity index (χ1v) is 11.0. The van der Waals surface area contributed by atoms with Gasteiger partial charge >= 0.3 is 0 Å². The standard InChI is InChI=1S/C20H21ClN2O3S/c21-17-11-8-15(13-19(17)27(25,26)22-16-9-10-16)20(24)23-12-4-7-18(23)14-5-2-1-3-6-14/h1-3,5-6,8,11,13,16,18,22H,4,7,9-10,12H2/t18-/m0/s1. The molecule has 0 radical (unpaired) electrons. The van der Waals surface area contributed by atoms with Gasteiger partial charge < -0.3 is 4.90 Å². The van der Waals surface area contributed by atoms with Crippen molar-refractivity contribution in [1.82, 2.24) is 9.62 Å². The Hall–Kier alpha value is -1.89. The number of carbonyl (C=O) groups excluding carboxylic acids is 1. The smallest absolute Gasteiger partial charge is 0.254 e. The second-order valence-electron chi connectivity index (χ2n) is 7.11. The highest BCUT2D eigenvalue weighted by Crippen LogP contribution is 2.34. The molecule has 0 bridgehead atoms. The number of sulfonamides is 1. The van der Waals surface area contributed by atoms with Crippen molar-refractivity contribution in [3.8, 4) is 0 Å². The number of carbonyl (C=O) groups is 1. The van der Waals surface area contributed by atoms with E-state index in [0.29, 0.717) is 12.1 Å². The molecule has 1 saturated heterocycles. The molecule has 1 amide bonds. The van der Waals surface area contributed by atoms with Crippen molar-refractivity contribution in [3.63, 3.8) is 0 Å². The van der Waals surface area contributed by atoms with Gasteiger partial charge in [0.1, 0.15) is 4.90 Å². The molecule has 0 unspecified atom stereocenters. The van der Waals surface area contributed by atoms with Gasteiger partial charge in [0.15, 0.2) is 0 Å². The average molecular weight is 405 g/mol. The first kappa shape index (κ1) is 18.5. The summed E-state index contributed by atoms with van der Waals surface area (Å²) in [6, 6.07) is 14.4. The van der Waals surface area contributed by atoms with Crippen LogP contribution in [0, 0.1) is 0 Å². The summed E-state index contributed by atoms with van der Waals surface area (Å²) < 4.78 is 27.8. The van der Waals surface area contributed by atoms with Crippen LogP contribution in [0.3, 0.4) is 0 Å². The first-order valence-electron chi connectivity index (χ1n) is 9.13. The number of nitrogens with zero attached hydrogens (tertiary/aromatic N) is 1. The van der Waals surface area contributed by atoms with Crippen molar-refractivity contribution in [2.45, 2.75) is 42.7 Å². The van der Waals surface area contributed by atoms with Crippen LogP contribution in [0.25, 0.3) is 0 Å². The molecule has 1 heterocycles. The minimum absolute atomic E-state index is 0.0130. The number of benzene rings is 2. The summed E-state index contributed by atoms with van der Waals surface area (Å²) in [5.41, 5.74) is 1.44. The van der Waals surface area contributed by atoms with Gasteiger partial charge in [0, 0.05) is 18.2 Å². The molecule has 1 N–H and O–H groups in total. The second-order valence-corrected chi connectivity index (χ2v) is 9.20. The summed E-state index contributed by atoms with van der Waals surface area (Å²) in [4.78, 5) is 14.9. The molecule has 5 nitrogen and oxygen atoms in total. The number of hydrogen-bond acceptors (Lipinski definition) is 3. The van der Waals surface area contributed by atoms with Crippen LogP contribution < -0.4 is 4.72 Å². The Morgan fingerprint density at radius 2 is 1.81 bits per heavy atom. The van der Waals surface area contributed by atoms with E-state index in [1.165, 1.54) is 12.1 Å². The van der Waals surface area contributed by atoms with Crippen molar-refractivity contribution in [3.05, 3.63) is 64.7 Å². The second kappa shape index (κ2) is 7.26. The number of rotatable bonds is 5. The summed E-state index contributed by atoms with van der Waals surface area (Å²) in [5, 5.41) is 0.126. The van der Waals surface area contributed by atoms with Crippen LogP contribution in [0.2, 0.25) is 5.02 Å². The molecule has 2 aliphatic rings. The van der Waals surface area contributed by atoms with Crippen LogP contribution in [0.5, 0.6) is 0 Å². The first-order chi connectivity index (χ1) is 13.0. The van der Waals surface area contributed by atoms with E-state index in [4.69, 9.17) is 11.6 Å². The summed E-state index contributed by atoms with van der Waals surface area (Å²) in [6.45, 7) is 0.656. The normalized spacial score (nSPS) is 20.0. The maximum Gasteiger partial charge on any atom is 0.254 e. The molecule has 2 fully saturated rings. The van der Waals surface area contributed by atoms with Crippen LogP contribution in [0.1, 0.15) is 47.6 Å². The van der Waals surface area contributed by atoms with Crippen molar-refractivity contribution < 1.29 is 13.2 Å². The highest BCUT2D eigenvalue weighted by molar-refractivity contribution is 7.89. The van der Waals surface area contributed by atoms with Gasteiger partial charge in [-0.3, -0.25) is 4.79 Å². The molecule has 1 saturated carbocycles. The number of nitrogens with one attached hydrogen (secondary N) is 1. The Kier molecular flexibility index (Phi) is 4.97. The summed E-state index contributed by atoms with van der Waals surface area (Å²) in [5.74, 6) is -0.166. The van der Waals surface area contributed by atoms with Crippen molar-refractivity contribution in [1.29, 1.82) is 0 Å². The lowest BCUT2D eigenvalue weighted by molar-refractivity contribution is 0.0735. The Bertz CT molecular complexity index is 958. The minimum atomic E-state index is -3.73. The van der Waals surface area contributed by atoms with Crippen molar-refractivity contribution in [2.24, 2.45) is 0 Å². The van der Waals surface area contributed by atoms with Gasteiger partial charge in [0.25, 0.3) is 5.91 Å². The van der Waals surface area contributed by atoms with Gasteiger partial charge in [0.2, 0.25) is 10.0 Å².